The van der Waals surface area contributed by atoms with E-state index >= 15 is 0 Å². The van der Waals surface area contributed by atoms with Gasteiger partial charge in [0.05, 0.1) is 29.8 Å². The number of amides is 1. The molecule has 1 fully saturated rings. The molecule has 1 aliphatic heterocycles. The Labute approximate surface area is 163 Å². The molecule has 2 aromatic heterocycles. The van der Waals surface area contributed by atoms with Crippen molar-refractivity contribution < 1.29 is 17.9 Å². The third kappa shape index (κ3) is 3.73. The van der Waals surface area contributed by atoms with Crippen LogP contribution < -0.4 is 10.1 Å². The van der Waals surface area contributed by atoms with Crippen LogP contribution in [0.25, 0.3) is 22.2 Å². The summed E-state index contributed by atoms with van der Waals surface area (Å²) in [5, 5.41) is 3.81. The summed E-state index contributed by atoms with van der Waals surface area (Å²) in [5.41, 5.74) is 2.51. The molecule has 1 saturated heterocycles. The zero-order chi connectivity index (χ0) is 19.7. The second-order valence-corrected chi connectivity index (χ2v) is 9.17. The zero-order valence-corrected chi connectivity index (χ0v) is 16.3. The Balaban J connectivity index is 1.62. The number of rotatable bonds is 5. The number of benzene rings is 1. The number of carbonyl (C=O) groups excluding carboxylic acids is 1. The molecule has 8 heteroatoms. The zero-order valence-electron chi connectivity index (χ0n) is 15.5. The Morgan fingerprint density at radius 3 is 2.93 bits per heavy atom. The monoisotopic (exact) mass is 399 g/mol. The van der Waals surface area contributed by atoms with Crippen LogP contribution >= 0.6 is 0 Å². The molecule has 1 unspecified atom stereocenters. The summed E-state index contributed by atoms with van der Waals surface area (Å²) in [4.78, 5) is 17.0. The fourth-order valence-corrected chi connectivity index (χ4v) is 5.27. The molecule has 7 nitrogen and oxygen atoms in total. The van der Waals surface area contributed by atoms with E-state index in [1.807, 2.05) is 47.2 Å². The molecule has 1 N–H and O–H groups in total. The predicted molar refractivity (Wildman–Crippen MR) is 107 cm³/mol. The molecule has 28 heavy (non-hydrogen) atoms. The molecule has 1 aromatic carbocycles. The molecule has 0 radical (unpaired) electrons. The standard InChI is InChI=1S/C20H21N3O4S/c1-27-17-4-2-3-15(11-17)19-20-14(5-8-21-19)6-9-23(20)12-18(24)22-16-7-10-28(25,26)13-16/h2-6,8-9,11,16H,7,10,12-13H2,1H3,(H,22,24). The second kappa shape index (κ2) is 7.27. The van der Waals surface area contributed by atoms with Gasteiger partial charge in [-0.3, -0.25) is 9.78 Å². The molecule has 1 aliphatic rings. The first kappa shape index (κ1) is 18.5. The summed E-state index contributed by atoms with van der Waals surface area (Å²) in [7, 11) is -1.42. The fourth-order valence-electron chi connectivity index (χ4n) is 3.60. The molecule has 4 rings (SSSR count). The van der Waals surface area contributed by atoms with Crippen molar-refractivity contribution >= 4 is 26.6 Å². The van der Waals surface area contributed by atoms with E-state index in [-0.39, 0.29) is 30.0 Å². The molecule has 1 amide bonds. The van der Waals surface area contributed by atoms with Crippen LogP contribution in [0.3, 0.4) is 0 Å². The van der Waals surface area contributed by atoms with E-state index in [2.05, 4.69) is 10.3 Å². The van der Waals surface area contributed by atoms with Crippen molar-refractivity contribution in [2.45, 2.75) is 19.0 Å². The van der Waals surface area contributed by atoms with Gasteiger partial charge in [-0.05, 0) is 30.7 Å². The molecule has 0 bridgehead atoms. The highest BCUT2D eigenvalue weighted by Gasteiger charge is 2.29. The Bertz CT molecular complexity index is 1140. The van der Waals surface area contributed by atoms with Crippen LogP contribution in [-0.4, -0.2) is 48.5 Å². The quantitative estimate of drug-likeness (QED) is 0.709. The van der Waals surface area contributed by atoms with E-state index in [1.54, 1.807) is 13.3 Å². The topological polar surface area (TPSA) is 90.3 Å². The van der Waals surface area contributed by atoms with Crippen LogP contribution in [-0.2, 0) is 21.2 Å². The molecule has 0 spiro atoms. The first-order valence-electron chi connectivity index (χ1n) is 9.03. The molecule has 3 aromatic rings. The van der Waals surface area contributed by atoms with Gasteiger partial charge in [0.25, 0.3) is 0 Å². The number of methoxy groups -OCH3 is 1. The molecular formula is C20H21N3O4S. The van der Waals surface area contributed by atoms with Gasteiger partial charge in [-0.1, -0.05) is 12.1 Å². The molecular weight excluding hydrogens is 378 g/mol. The number of aromatic nitrogens is 2. The fraction of sp³-hybridized carbons (Fsp3) is 0.300. The van der Waals surface area contributed by atoms with E-state index < -0.39 is 9.84 Å². The number of hydrogen-bond donors (Lipinski definition) is 1. The number of ether oxygens (including phenoxy) is 1. The van der Waals surface area contributed by atoms with Crippen LogP contribution in [0.2, 0.25) is 0 Å². The van der Waals surface area contributed by atoms with Crippen molar-refractivity contribution in [3.05, 3.63) is 48.8 Å². The van der Waals surface area contributed by atoms with Crippen molar-refractivity contribution in [3.8, 4) is 17.0 Å². The van der Waals surface area contributed by atoms with Crippen molar-refractivity contribution in [2.75, 3.05) is 18.6 Å². The van der Waals surface area contributed by atoms with Gasteiger partial charge < -0.3 is 14.6 Å². The third-order valence-corrected chi connectivity index (χ3v) is 6.70. The molecule has 0 aliphatic carbocycles. The number of nitrogens with one attached hydrogen (secondary N) is 1. The van der Waals surface area contributed by atoms with Crippen LogP contribution in [0.15, 0.2) is 48.8 Å². The van der Waals surface area contributed by atoms with Crippen molar-refractivity contribution in [2.24, 2.45) is 0 Å². The second-order valence-electron chi connectivity index (χ2n) is 6.94. The Kier molecular flexibility index (Phi) is 4.80. The molecule has 0 saturated carbocycles. The lowest BCUT2D eigenvalue weighted by Gasteiger charge is -2.13. The summed E-state index contributed by atoms with van der Waals surface area (Å²) in [6, 6.07) is 11.1. The van der Waals surface area contributed by atoms with Gasteiger partial charge in [-0.15, -0.1) is 0 Å². The first-order chi connectivity index (χ1) is 13.4. The lowest BCUT2D eigenvalue weighted by Crippen LogP contribution is -2.37. The lowest BCUT2D eigenvalue weighted by atomic mass is 10.1. The summed E-state index contributed by atoms with van der Waals surface area (Å²) >= 11 is 0. The van der Waals surface area contributed by atoms with Gasteiger partial charge in [0, 0.05) is 29.4 Å². The predicted octanol–water partition coefficient (Wildman–Crippen LogP) is 2.02. The van der Waals surface area contributed by atoms with Gasteiger partial charge in [-0.2, -0.15) is 0 Å². The highest BCUT2D eigenvalue weighted by atomic mass is 32.2. The summed E-state index contributed by atoms with van der Waals surface area (Å²) < 4.78 is 30.3. The van der Waals surface area contributed by atoms with Crippen LogP contribution in [0, 0.1) is 0 Å². The van der Waals surface area contributed by atoms with Gasteiger partial charge in [-0.25, -0.2) is 8.42 Å². The highest BCUT2D eigenvalue weighted by molar-refractivity contribution is 7.91. The van der Waals surface area contributed by atoms with E-state index in [1.165, 1.54) is 0 Å². The van der Waals surface area contributed by atoms with Crippen LogP contribution in [0.5, 0.6) is 5.75 Å². The largest absolute Gasteiger partial charge is 0.497 e. The maximum Gasteiger partial charge on any atom is 0.240 e. The van der Waals surface area contributed by atoms with Crippen molar-refractivity contribution in [1.82, 2.24) is 14.9 Å². The minimum atomic E-state index is -3.03. The maximum absolute atomic E-state index is 12.5. The van der Waals surface area contributed by atoms with Crippen LogP contribution in [0.4, 0.5) is 0 Å². The van der Waals surface area contributed by atoms with Crippen molar-refractivity contribution in [3.63, 3.8) is 0 Å². The first-order valence-corrected chi connectivity index (χ1v) is 10.9. The minimum absolute atomic E-state index is 0.0157. The smallest absolute Gasteiger partial charge is 0.240 e. The molecule has 1 atom stereocenters. The molecule has 3 heterocycles. The summed E-state index contributed by atoms with van der Waals surface area (Å²) in [6.45, 7) is 0.0999. The van der Waals surface area contributed by atoms with E-state index in [4.69, 9.17) is 4.74 Å². The number of carbonyl (C=O) groups is 1. The maximum atomic E-state index is 12.5. The van der Waals surface area contributed by atoms with Gasteiger partial charge >= 0.3 is 0 Å². The van der Waals surface area contributed by atoms with Gasteiger partial charge in [0.15, 0.2) is 9.84 Å². The van der Waals surface area contributed by atoms with Gasteiger partial charge in [0.1, 0.15) is 12.3 Å². The van der Waals surface area contributed by atoms with Crippen molar-refractivity contribution in [1.29, 1.82) is 0 Å². The van der Waals surface area contributed by atoms with E-state index in [9.17, 15) is 13.2 Å². The Morgan fingerprint density at radius 2 is 2.18 bits per heavy atom. The summed E-state index contributed by atoms with van der Waals surface area (Å²) in [5.74, 6) is 0.672. The number of nitrogens with zero attached hydrogens (tertiary/aromatic N) is 2. The van der Waals surface area contributed by atoms with E-state index in [0.29, 0.717) is 6.42 Å². The number of fused-ring (bicyclic) bond motifs is 1. The average Bonchev–Trinajstić information content (AvgIpc) is 3.24. The highest BCUT2D eigenvalue weighted by Crippen LogP contribution is 2.29. The number of hydrogen-bond acceptors (Lipinski definition) is 5. The minimum Gasteiger partial charge on any atom is -0.497 e. The van der Waals surface area contributed by atoms with Gasteiger partial charge in [0.2, 0.25) is 5.91 Å². The Morgan fingerprint density at radius 1 is 1.32 bits per heavy atom. The normalized spacial score (nSPS) is 18.2. The number of sulfone groups is 1. The third-order valence-electron chi connectivity index (χ3n) is 4.93. The Hall–Kier alpha value is -2.87. The van der Waals surface area contributed by atoms with Crippen LogP contribution in [0.1, 0.15) is 6.42 Å². The number of pyridine rings is 1. The average molecular weight is 399 g/mol. The SMILES string of the molecule is COc1cccc(-c2nccc3ccn(CC(=O)NC4CCS(=O)(=O)C4)c23)c1. The van der Waals surface area contributed by atoms with E-state index in [0.717, 1.165) is 27.9 Å². The molecule has 146 valence electrons. The summed E-state index contributed by atoms with van der Waals surface area (Å²) in [6.07, 6.45) is 4.06. The lowest BCUT2D eigenvalue weighted by molar-refractivity contribution is -0.122.